The number of amides is 1. The van der Waals surface area contributed by atoms with Crippen LogP contribution < -0.4 is 20.7 Å². The Balaban J connectivity index is 1.38. The zero-order valence-corrected chi connectivity index (χ0v) is 25.5. The fourth-order valence-electron chi connectivity index (χ4n) is 5.71. The van der Waals surface area contributed by atoms with Gasteiger partial charge in [0.2, 0.25) is 0 Å². The largest absolute Gasteiger partial charge is 0.494 e. The number of hydrogen-bond donors (Lipinski definition) is 5. The minimum Gasteiger partial charge on any atom is -0.494 e. The highest BCUT2D eigenvalue weighted by atomic mass is 16.5. The molecule has 0 saturated heterocycles. The summed E-state index contributed by atoms with van der Waals surface area (Å²) in [5, 5.41) is 32.3. The number of hydrogen-bond acceptors (Lipinski definition) is 7. The van der Waals surface area contributed by atoms with Crippen molar-refractivity contribution in [1.29, 1.82) is 0 Å². The number of anilines is 1. The first-order valence-corrected chi connectivity index (χ1v) is 15.3. The predicted octanol–water partition coefficient (Wildman–Crippen LogP) is 4.63. The molecular weight excluding hydrogens is 542 g/mol. The van der Waals surface area contributed by atoms with Crippen LogP contribution in [0.15, 0.2) is 66.7 Å². The molecule has 3 aromatic rings. The molecule has 5 N–H and O–H groups in total. The van der Waals surface area contributed by atoms with Gasteiger partial charge in [0.15, 0.2) is 0 Å². The van der Waals surface area contributed by atoms with Crippen LogP contribution in [-0.4, -0.2) is 55.1 Å². The Hall–Kier alpha value is -3.43. The topological polar surface area (TPSA) is 112 Å². The zero-order chi connectivity index (χ0) is 30.5. The first-order valence-electron chi connectivity index (χ1n) is 15.3. The maximum absolute atomic E-state index is 13.7. The molecule has 1 aliphatic carbocycles. The molecule has 8 heteroatoms. The van der Waals surface area contributed by atoms with E-state index in [9.17, 15) is 15.0 Å². The standard InChI is InChI=1S/C35H45N3O5/c1-34(2,41)27-9-7-10-28(21-27)35(12-13-35)37-22-32(39)31-19-24-8-6-11-30(18-24)43-15-5-4-14-36-29-17-25(23-42-3)16-26(20-29)33(40)38-31/h6-11,16-18,20-21,31-32,36-37,39,41H,4-5,12-15,19,22-23H2,1-3H3,(H,38,40)/t31-,32+/m0/s1. The van der Waals surface area contributed by atoms with E-state index >= 15 is 0 Å². The first kappa shape index (κ1) is 31.0. The summed E-state index contributed by atoms with van der Waals surface area (Å²) in [5.41, 5.74) is 4.02. The van der Waals surface area contributed by atoms with Crippen LogP contribution in [0, 0.1) is 0 Å². The lowest BCUT2D eigenvalue weighted by Gasteiger charge is -2.28. The molecule has 0 spiro atoms. The van der Waals surface area contributed by atoms with E-state index in [1.807, 2.05) is 60.7 Å². The lowest BCUT2D eigenvalue weighted by molar-refractivity contribution is 0.0784. The van der Waals surface area contributed by atoms with Gasteiger partial charge in [-0.05, 0) is 98.5 Å². The average Bonchev–Trinajstić information content (AvgIpc) is 3.78. The second kappa shape index (κ2) is 13.5. The van der Waals surface area contributed by atoms with Crippen LogP contribution in [0.5, 0.6) is 5.75 Å². The Morgan fingerprint density at radius 3 is 2.67 bits per heavy atom. The summed E-state index contributed by atoms with van der Waals surface area (Å²) in [7, 11) is 1.64. The lowest BCUT2D eigenvalue weighted by Crippen LogP contribution is -2.50. The van der Waals surface area contributed by atoms with Crippen LogP contribution in [-0.2, 0) is 28.9 Å². The van der Waals surface area contributed by atoms with Gasteiger partial charge in [-0.2, -0.15) is 0 Å². The molecule has 230 valence electrons. The predicted molar refractivity (Wildman–Crippen MR) is 168 cm³/mol. The molecule has 1 amide bonds. The summed E-state index contributed by atoms with van der Waals surface area (Å²) in [4.78, 5) is 13.7. The van der Waals surface area contributed by atoms with E-state index in [-0.39, 0.29) is 11.4 Å². The number of rotatable bonds is 8. The SMILES string of the molecule is COCc1cc2cc(c1)C(=O)N[C@H]([C@H](O)CNC1(c3cccc(C(C)(C)O)c3)CC1)Cc1cccc(c1)OCCCCN2. The molecule has 2 aliphatic rings. The van der Waals surface area contributed by atoms with Crippen molar-refractivity contribution >= 4 is 11.6 Å². The van der Waals surface area contributed by atoms with Gasteiger partial charge >= 0.3 is 0 Å². The Bertz CT molecular complexity index is 1400. The maximum Gasteiger partial charge on any atom is 0.251 e. The maximum atomic E-state index is 13.7. The summed E-state index contributed by atoms with van der Waals surface area (Å²) < 4.78 is 11.4. The number of benzene rings is 3. The van der Waals surface area contributed by atoms with Gasteiger partial charge in [-0.25, -0.2) is 0 Å². The van der Waals surface area contributed by atoms with Gasteiger partial charge in [0.25, 0.3) is 5.91 Å². The van der Waals surface area contributed by atoms with Gasteiger partial charge in [-0.1, -0.05) is 36.4 Å². The van der Waals surface area contributed by atoms with Crippen LogP contribution in [0.25, 0.3) is 0 Å². The fourth-order valence-corrected chi connectivity index (χ4v) is 5.71. The van der Waals surface area contributed by atoms with Crippen LogP contribution in [0.4, 0.5) is 5.69 Å². The molecule has 0 radical (unpaired) electrons. The van der Waals surface area contributed by atoms with Gasteiger partial charge in [-0.15, -0.1) is 0 Å². The average molecular weight is 588 g/mol. The molecule has 1 aliphatic heterocycles. The summed E-state index contributed by atoms with van der Waals surface area (Å²) in [6, 6.07) is 21.1. The van der Waals surface area contributed by atoms with Crippen molar-refractivity contribution in [1.82, 2.24) is 10.6 Å². The van der Waals surface area contributed by atoms with Crippen molar-refractivity contribution in [2.45, 2.75) is 75.8 Å². The molecule has 0 aromatic heterocycles. The van der Waals surface area contributed by atoms with Crippen molar-refractivity contribution in [2.24, 2.45) is 0 Å². The zero-order valence-electron chi connectivity index (χ0n) is 25.5. The summed E-state index contributed by atoms with van der Waals surface area (Å²) >= 11 is 0. The third-order valence-corrected chi connectivity index (χ3v) is 8.39. The Morgan fingerprint density at radius 2 is 1.91 bits per heavy atom. The number of fused-ring (bicyclic) bond motifs is 4. The molecule has 4 bridgehead atoms. The number of aliphatic hydroxyl groups is 2. The quantitative estimate of drug-likeness (QED) is 0.261. The second-order valence-corrected chi connectivity index (χ2v) is 12.4. The van der Waals surface area contributed by atoms with Crippen molar-refractivity contribution in [3.8, 4) is 5.75 Å². The summed E-state index contributed by atoms with van der Waals surface area (Å²) in [6.07, 6.45) is 3.29. The Labute approximate surface area is 254 Å². The van der Waals surface area contributed by atoms with E-state index in [4.69, 9.17) is 9.47 Å². The summed E-state index contributed by atoms with van der Waals surface area (Å²) in [5.74, 6) is 0.539. The monoisotopic (exact) mass is 587 g/mol. The van der Waals surface area contributed by atoms with E-state index in [0.29, 0.717) is 31.7 Å². The third kappa shape index (κ3) is 8.15. The Kier molecular flexibility index (Phi) is 9.72. The third-order valence-electron chi connectivity index (χ3n) is 8.39. The van der Waals surface area contributed by atoms with Gasteiger partial charge < -0.3 is 35.6 Å². The Morgan fingerprint density at radius 1 is 1.09 bits per heavy atom. The van der Waals surface area contributed by atoms with Gasteiger partial charge in [0, 0.05) is 37.0 Å². The molecule has 43 heavy (non-hydrogen) atoms. The molecule has 1 heterocycles. The van der Waals surface area contributed by atoms with E-state index in [1.165, 1.54) is 0 Å². The minimum absolute atomic E-state index is 0.247. The van der Waals surface area contributed by atoms with Gasteiger partial charge in [0.05, 0.1) is 31.0 Å². The van der Waals surface area contributed by atoms with Gasteiger partial charge in [0.1, 0.15) is 5.75 Å². The minimum atomic E-state index is -0.937. The number of methoxy groups -OCH3 is 1. The van der Waals surface area contributed by atoms with Crippen molar-refractivity contribution in [3.63, 3.8) is 0 Å². The van der Waals surface area contributed by atoms with Crippen LogP contribution in [0.2, 0.25) is 0 Å². The number of carbonyl (C=O) groups excluding carboxylic acids is 1. The first-order chi connectivity index (χ1) is 20.6. The van der Waals surface area contributed by atoms with Crippen molar-refractivity contribution in [2.75, 3.05) is 32.1 Å². The fraction of sp³-hybridized carbons (Fsp3) is 0.457. The molecule has 3 aromatic carbocycles. The highest BCUT2D eigenvalue weighted by Crippen LogP contribution is 2.46. The van der Waals surface area contributed by atoms with E-state index in [0.717, 1.165) is 65.9 Å². The van der Waals surface area contributed by atoms with Crippen LogP contribution in [0.1, 0.15) is 72.1 Å². The number of aliphatic hydroxyl groups excluding tert-OH is 1. The smallest absolute Gasteiger partial charge is 0.251 e. The van der Waals surface area contributed by atoms with Crippen LogP contribution in [0.3, 0.4) is 0 Å². The molecule has 8 nitrogen and oxygen atoms in total. The number of ether oxygens (including phenoxy) is 2. The lowest BCUT2D eigenvalue weighted by atomic mass is 9.93. The normalized spacial score (nSPS) is 19.5. The van der Waals surface area contributed by atoms with E-state index in [1.54, 1.807) is 21.0 Å². The molecule has 0 unspecified atom stereocenters. The highest BCUT2D eigenvalue weighted by Gasteiger charge is 2.44. The second-order valence-electron chi connectivity index (χ2n) is 12.4. The van der Waals surface area contributed by atoms with Gasteiger partial charge in [-0.3, -0.25) is 4.79 Å². The molecule has 5 rings (SSSR count). The number of carbonyl (C=O) groups is 1. The van der Waals surface area contributed by atoms with Crippen molar-refractivity contribution in [3.05, 3.63) is 94.5 Å². The van der Waals surface area contributed by atoms with E-state index in [2.05, 4.69) is 22.0 Å². The molecular formula is C35H45N3O5. The molecule has 2 atom stereocenters. The highest BCUT2D eigenvalue weighted by molar-refractivity contribution is 5.95. The van der Waals surface area contributed by atoms with Crippen LogP contribution >= 0.6 is 0 Å². The molecule has 1 fully saturated rings. The summed E-state index contributed by atoms with van der Waals surface area (Å²) in [6.45, 7) is 5.63. The molecule has 1 saturated carbocycles. The van der Waals surface area contributed by atoms with E-state index < -0.39 is 17.7 Å². The number of nitrogens with one attached hydrogen (secondary N) is 3. The van der Waals surface area contributed by atoms with Crippen molar-refractivity contribution < 1.29 is 24.5 Å².